The summed E-state index contributed by atoms with van der Waals surface area (Å²) in [7, 11) is 1.43. The lowest BCUT2D eigenvalue weighted by Gasteiger charge is -2.28. The second-order valence-corrected chi connectivity index (χ2v) is 9.18. The van der Waals surface area contributed by atoms with Crippen LogP contribution in [0.1, 0.15) is 25.0 Å². The van der Waals surface area contributed by atoms with Crippen molar-refractivity contribution in [2.24, 2.45) is 0 Å². The van der Waals surface area contributed by atoms with Crippen LogP contribution in [0.3, 0.4) is 0 Å². The van der Waals surface area contributed by atoms with Crippen LogP contribution >= 0.6 is 23.2 Å². The first kappa shape index (κ1) is 28.8. The number of rotatable bonds is 10. The molecule has 0 aromatic heterocycles. The molecule has 0 radical (unpaired) electrons. The molecular formula is C29H26Cl2N2O7. The van der Waals surface area contributed by atoms with Crippen molar-refractivity contribution >= 4 is 52.8 Å². The number of urea groups is 1. The average Bonchev–Trinajstić information content (AvgIpc) is 2.92. The summed E-state index contributed by atoms with van der Waals surface area (Å²) in [6.45, 7) is 4.37. The van der Waals surface area contributed by atoms with E-state index in [0.717, 1.165) is 10.5 Å². The van der Waals surface area contributed by atoms with Crippen LogP contribution in [-0.4, -0.2) is 38.2 Å². The van der Waals surface area contributed by atoms with Crippen molar-refractivity contribution in [3.05, 3.63) is 81.3 Å². The number of methoxy groups -OCH3 is 1. The Labute approximate surface area is 241 Å². The molecule has 4 amide bonds. The highest BCUT2D eigenvalue weighted by Gasteiger charge is 2.38. The first-order chi connectivity index (χ1) is 19.3. The minimum Gasteiger partial charge on any atom is -0.494 e. The molecule has 0 atom stereocenters. The third-order valence-corrected chi connectivity index (χ3v) is 6.43. The summed E-state index contributed by atoms with van der Waals surface area (Å²) in [4.78, 5) is 40.0. The van der Waals surface area contributed by atoms with Gasteiger partial charge in [0.15, 0.2) is 11.5 Å². The van der Waals surface area contributed by atoms with Crippen LogP contribution in [0.5, 0.6) is 23.0 Å². The van der Waals surface area contributed by atoms with Gasteiger partial charge in [-0.15, -0.1) is 0 Å². The summed E-state index contributed by atoms with van der Waals surface area (Å²) in [5, 5.41) is 2.93. The third-order valence-electron chi connectivity index (χ3n) is 5.78. The number of benzene rings is 3. The van der Waals surface area contributed by atoms with Crippen molar-refractivity contribution in [3.8, 4) is 23.0 Å². The number of barbiturate groups is 1. The van der Waals surface area contributed by atoms with E-state index in [1.54, 1.807) is 38.1 Å². The van der Waals surface area contributed by atoms with Gasteiger partial charge in [0, 0.05) is 16.7 Å². The van der Waals surface area contributed by atoms with Gasteiger partial charge in [0.25, 0.3) is 11.8 Å². The van der Waals surface area contributed by atoms with E-state index < -0.39 is 17.8 Å². The van der Waals surface area contributed by atoms with Gasteiger partial charge in [0.1, 0.15) is 23.7 Å². The highest BCUT2D eigenvalue weighted by atomic mass is 35.5. The van der Waals surface area contributed by atoms with Crippen LogP contribution in [0.2, 0.25) is 10.0 Å². The van der Waals surface area contributed by atoms with Crippen LogP contribution in [0.4, 0.5) is 10.5 Å². The lowest BCUT2D eigenvalue weighted by Crippen LogP contribution is -2.54. The number of ether oxygens (including phenoxy) is 4. The molecule has 1 aliphatic heterocycles. The maximum atomic E-state index is 13.6. The fraction of sp³-hybridized carbons (Fsp3) is 0.207. The van der Waals surface area contributed by atoms with Crippen molar-refractivity contribution in [3.63, 3.8) is 0 Å². The fourth-order valence-electron chi connectivity index (χ4n) is 3.98. The predicted molar refractivity (Wildman–Crippen MR) is 152 cm³/mol. The smallest absolute Gasteiger partial charge is 0.336 e. The van der Waals surface area contributed by atoms with E-state index >= 15 is 0 Å². The highest BCUT2D eigenvalue weighted by molar-refractivity contribution is 6.39. The summed E-state index contributed by atoms with van der Waals surface area (Å²) in [6.07, 6.45) is 1.32. The number of hydrogen-bond donors (Lipinski definition) is 1. The van der Waals surface area contributed by atoms with Gasteiger partial charge < -0.3 is 18.9 Å². The average molecular weight is 585 g/mol. The van der Waals surface area contributed by atoms with Gasteiger partial charge >= 0.3 is 6.03 Å². The lowest BCUT2D eigenvalue weighted by molar-refractivity contribution is -0.122. The molecule has 0 spiro atoms. The molecule has 40 heavy (non-hydrogen) atoms. The van der Waals surface area contributed by atoms with Crippen LogP contribution in [0, 0.1) is 0 Å². The van der Waals surface area contributed by atoms with Crippen molar-refractivity contribution in [1.82, 2.24) is 5.32 Å². The van der Waals surface area contributed by atoms with E-state index in [2.05, 4.69) is 5.32 Å². The number of amides is 4. The number of carbonyl (C=O) groups is 3. The maximum absolute atomic E-state index is 13.6. The summed E-state index contributed by atoms with van der Waals surface area (Å²) in [5.74, 6) is -0.486. The SMILES string of the molecule is CCOc1ccc(OCC)c(N2C(=O)NC(=O)/C(=C\c3cc(Cl)c(OCc4ccccc4Cl)c(OC)c3)C2=O)c1. The number of imide groups is 2. The van der Waals surface area contributed by atoms with Gasteiger partial charge in [0.05, 0.1) is 31.0 Å². The molecule has 11 heteroatoms. The Kier molecular flexibility index (Phi) is 9.19. The summed E-state index contributed by atoms with van der Waals surface area (Å²) < 4.78 is 22.5. The van der Waals surface area contributed by atoms with E-state index in [4.69, 9.17) is 42.1 Å². The minimum absolute atomic E-state index is 0.132. The molecule has 9 nitrogen and oxygen atoms in total. The van der Waals surface area contributed by atoms with Crippen LogP contribution < -0.4 is 29.2 Å². The predicted octanol–water partition coefficient (Wildman–Crippen LogP) is 6.04. The fourth-order valence-corrected chi connectivity index (χ4v) is 4.44. The monoisotopic (exact) mass is 584 g/mol. The van der Waals surface area contributed by atoms with Gasteiger partial charge in [-0.2, -0.15) is 0 Å². The normalized spacial score (nSPS) is 14.3. The highest BCUT2D eigenvalue weighted by Crippen LogP contribution is 2.39. The first-order valence-electron chi connectivity index (χ1n) is 12.3. The summed E-state index contributed by atoms with van der Waals surface area (Å²) >= 11 is 12.7. The molecule has 1 N–H and O–H groups in total. The van der Waals surface area contributed by atoms with Gasteiger partial charge in [-0.05, 0) is 55.8 Å². The molecular weight excluding hydrogens is 559 g/mol. The zero-order valence-corrected chi connectivity index (χ0v) is 23.5. The van der Waals surface area contributed by atoms with Crippen molar-refractivity contribution in [2.75, 3.05) is 25.2 Å². The standard InChI is InChI=1S/C29H26Cl2N2O7/c1-4-38-19-10-11-24(39-5-2)23(15-19)33-28(35)20(27(34)32-29(33)36)12-17-13-22(31)26(25(14-17)37-3)40-16-18-8-6-7-9-21(18)30/h6-15H,4-5,16H2,1-3H3,(H,32,34,36)/b20-12+. The van der Waals surface area contributed by atoms with Crippen LogP contribution in [0.15, 0.2) is 60.2 Å². The number of carbonyl (C=O) groups excluding carboxylic acids is 3. The largest absolute Gasteiger partial charge is 0.494 e. The summed E-state index contributed by atoms with van der Waals surface area (Å²) in [5.41, 5.74) is 0.953. The second-order valence-electron chi connectivity index (χ2n) is 8.37. The van der Waals surface area contributed by atoms with Gasteiger partial charge in [-0.3, -0.25) is 14.9 Å². The third kappa shape index (κ3) is 6.16. The van der Waals surface area contributed by atoms with E-state index in [-0.39, 0.29) is 46.7 Å². The Morgan fingerprint density at radius 1 is 0.875 bits per heavy atom. The first-order valence-corrected chi connectivity index (χ1v) is 13.1. The van der Waals surface area contributed by atoms with Crippen LogP contribution in [0.25, 0.3) is 6.08 Å². The molecule has 1 fully saturated rings. The molecule has 3 aromatic rings. The second kappa shape index (κ2) is 12.8. The lowest BCUT2D eigenvalue weighted by atomic mass is 10.1. The molecule has 0 saturated carbocycles. The van der Waals surface area contributed by atoms with Gasteiger partial charge in [0.2, 0.25) is 0 Å². The number of nitrogens with zero attached hydrogens (tertiary/aromatic N) is 1. The van der Waals surface area contributed by atoms with Crippen molar-refractivity contribution < 1.29 is 33.3 Å². The number of anilines is 1. The summed E-state index contributed by atoms with van der Waals surface area (Å²) in [6, 6.07) is 14.1. The van der Waals surface area contributed by atoms with E-state index in [0.29, 0.717) is 22.9 Å². The topological polar surface area (TPSA) is 103 Å². The number of nitrogens with one attached hydrogen (secondary N) is 1. The minimum atomic E-state index is -0.916. The van der Waals surface area contributed by atoms with Crippen LogP contribution in [-0.2, 0) is 16.2 Å². The Hall–Kier alpha value is -4.21. The molecule has 208 valence electrons. The Balaban J connectivity index is 1.69. The zero-order chi connectivity index (χ0) is 28.8. The molecule has 3 aromatic carbocycles. The number of halogens is 2. The molecule has 0 aliphatic carbocycles. The van der Waals surface area contributed by atoms with Crippen molar-refractivity contribution in [2.45, 2.75) is 20.5 Å². The molecule has 4 rings (SSSR count). The number of hydrogen-bond acceptors (Lipinski definition) is 7. The van der Waals surface area contributed by atoms with Gasteiger partial charge in [-0.25, -0.2) is 9.69 Å². The quantitative estimate of drug-likeness (QED) is 0.228. The van der Waals surface area contributed by atoms with Gasteiger partial charge in [-0.1, -0.05) is 41.4 Å². The molecule has 1 heterocycles. The molecule has 0 unspecified atom stereocenters. The van der Waals surface area contributed by atoms with E-state index in [1.165, 1.54) is 25.3 Å². The van der Waals surface area contributed by atoms with E-state index in [1.807, 2.05) is 18.2 Å². The van der Waals surface area contributed by atoms with Crippen molar-refractivity contribution in [1.29, 1.82) is 0 Å². The molecule has 0 bridgehead atoms. The zero-order valence-electron chi connectivity index (χ0n) is 22.0. The molecule has 1 saturated heterocycles. The molecule has 1 aliphatic rings. The Bertz CT molecular complexity index is 1490. The Morgan fingerprint density at radius 2 is 1.62 bits per heavy atom. The Morgan fingerprint density at radius 3 is 2.33 bits per heavy atom. The maximum Gasteiger partial charge on any atom is 0.336 e. The van der Waals surface area contributed by atoms with E-state index in [9.17, 15) is 14.4 Å².